The van der Waals surface area contributed by atoms with Crippen LogP contribution in [-0.2, 0) is 11.2 Å². The van der Waals surface area contributed by atoms with E-state index in [9.17, 15) is 9.90 Å². The number of benzene rings is 2. The molecule has 0 aliphatic carbocycles. The Hall–Kier alpha value is -2.29. The van der Waals surface area contributed by atoms with Gasteiger partial charge in [0.05, 0.1) is 29.9 Å². The van der Waals surface area contributed by atoms with E-state index in [-0.39, 0.29) is 18.1 Å². The molecule has 0 aliphatic heterocycles. The number of hydrazone groups is 1. The molecule has 0 unspecified atom stereocenters. The van der Waals surface area contributed by atoms with Crippen molar-refractivity contribution < 1.29 is 19.4 Å². The molecule has 0 fully saturated rings. The first kappa shape index (κ1) is 19.0. The zero-order valence-corrected chi connectivity index (χ0v) is 16.1. The largest absolute Gasteiger partial charge is 0.504 e. The number of nitrogens with one attached hydrogen (secondary N) is 1. The predicted molar refractivity (Wildman–Crippen MR) is 104 cm³/mol. The first-order chi connectivity index (χ1) is 12.0. The maximum atomic E-state index is 11.9. The van der Waals surface area contributed by atoms with Crippen molar-refractivity contribution in [3.8, 4) is 17.2 Å². The number of methoxy groups -OCH3 is 1. The molecule has 0 aliphatic rings. The van der Waals surface area contributed by atoms with Crippen LogP contribution in [0.3, 0.4) is 0 Å². The lowest BCUT2D eigenvalue weighted by Gasteiger charge is -2.08. The van der Waals surface area contributed by atoms with Gasteiger partial charge < -0.3 is 14.6 Å². The number of nitrogens with zero attached hydrogens (tertiary/aromatic N) is 1. The summed E-state index contributed by atoms with van der Waals surface area (Å²) in [7, 11) is 1.60. The fourth-order valence-corrected chi connectivity index (χ4v) is 2.71. The molecular weight excluding hydrogens is 435 g/mol. The van der Waals surface area contributed by atoms with E-state index in [1.165, 1.54) is 6.21 Å². The van der Waals surface area contributed by atoms with Crippen LogP contribution in [0.2, 0.25) is 0 Å². The molecule has 2 aromatic carbocycles. The standard InChI is InChI=1S/C18H19IN2O4/c1-3-25-16-9-13(8-15(19)18(16)23)11-20-21-17(22)10-12-4-6-14(24-2)7-5-12/h4-9,11,23H,3,10H2,1-2H3,(H,21,22)/b20-11-. The number of hydrogen-bond donors (Lipinski definition) is 2. The van der Waals surface area contributed by atoms with Gasteiger partial charge in [-0.3, -0.25) is 4.79 Å². The first-order valence-corrected chi connectivity index (χ1v) is 8.71. The van der Waals surface area contributed by atoms with Gasteiger partial charge in [0, 0.05) is 0 Å². The quantitative estimate of drug-likeness (QED) is 0.383. The van der Waals surface area contributed by atoms with Gasteiger partial charge in [0.15, 0.2) is 11.5 Å². The lowest BCUT2D eigenvalue weighted by Crippen LogP contribution is -2.19. The normalized spacial score (nSPS) is 10.7. The summed E-state index contributed by atoms with van der Waals surface area (Å²) in [5.41, 5.74) is 4.07. The molecule has 7 heteroatoms. The molecule has 6 nitrogen and oxygen atoms in total. The van der Waals surface area contributed by atoms with Gasteiger partial charge in [-0.05, 0) is 64.9 Å². The minimum atomic E-state index is -0.222. The average Bonchev–Trinajstić information content (AvgIpc) is 2.60. The summed E-state index contributed by atoms with van der Waals surface area (Å²) < 4.78 is 11.1. The molecule has 25 heavy (non-hydrogen) atoms. The van der Waals surface area contributed by atoms with Crippen LogP contribution in [0.4, 0.5) is 0 Å². The monoisotopic (exact) mass is 454 g/mol. The summed E-state index contributed by atoms with van der Waals surface area (Å²) in [5.74, 6) is 1.01. The van der Waals surface area contributed by atoms with Gasteiger partial charge in [0.25, 0.3) is 0 Å². The van der Waals surface area contributed by atoms with Gasteiger partial charge in [-0.2, -0.15) is 5.10 Å². The Balaban J connectivity index is 1.96. The van der Waals surface area contributed by atoms with Crippen LogP contribution < -0.4 is 14.9 Å². The summed E-state index contributed by atoms with van der Waals surface area (Å²) in [6.07, 6.45) is 1.73. The molecule has 2 aromatic rings. The molecule has 0 saturated heterocycles. The van der Waals surface area contributed by atoms with Crippen LogP contribution in [0.5, 0.6) is 17.2 Å². The van der Waals surface area contributed by atoms with E-state index >= 15 is 0 Å². The Morgan fingerprint density at radius 2 is 2.04 bits per heavy atom. The van der Waals surface area contributed by atoms with E-state index in [0.29, 0.717) is 15.9 Å². The highest BCUT2D eigenvalue weighted by Gasteiger charge is 2.08. The molecule has 2 rings (SSSR count). The van der Waals surface area contributed by atoms with Crippen LogP contribution in [-0.4, -0.2) is 30.9 Å². The Labute approximate surface area is 160 Å². The minimum Gasteiger partial charge on any atom is -0.504 e. The van der Waals surface area contributed by atoms with Crippen LogP contribution in [0.25, 0.3) is 0 Å². The molecule has 0 heterocycles. The molecule has 1 amide bonds. The molecule has 0 bridgehead atoms. The number of phenols is 1. The zero-order chi connectivity index (χ0) is 18.2. The van der Waals surface area contributed by atoms with Crippen LogP contribution in [0.15, 0.2) is 41.5 Å². The van der Waals surface area contributed by atoms with Crippen molar-refractivity contribution in [2.24, 2.45) is 5.10 Å². The number of aromatic hydroxyl groups is 1. The highest BCUT2D eigenvalue weighted by molar-refractivity contribution is 14.1. The maximum absolute atomic E-state index is 11.9. The van der Waals surface area contributed by atoms with Crippen molar-refractivity contribution in [3.63, 3.8) is 0 Å². The van der Waals surface area contributed by atoms with E-state index in [1.54, 1.807) is 31.4 Å². The van der Waals surface area contributed by atoms with Gasteiger partial charge >= 0.3 is 0 Å². The second-order valence-corrected chi connectivity index (χ2v) is 6.26. The molecule has 2 N–H and O–H groups in total. The summed E-state index contributed by atoms with van der Waals surface area (Å²) >= 11 is 2.01. The fraction of sp³-hybridized carbons (Fsp3) is 0.222. The number of amides is 1. The molecular formula is C18H19IN2O4. The second kappa shape index (κ2) is 9.26. The number of ether oxygens (including phenoxy) is 2. The van der Waals surface area contributed by atoms with Crippen LogP contribution in [0, 0.1) is 3.57 Å². The van der Waals surface area contributed by atoms with E-state index in [0.717, 1.165) is 16.9 Å². The first-order valence-electron chi connectivity index (χ1n) is 7.63. The summed E-state index contributed by atoms with van der Waals surface area (Å²) in [5, 5.41) is 13.9. The van der Waals surface area contributed by atoms with E-state index < -0.39 is 0 Å². The fourth-order valence-electron chi connectivity index (χ4n) is 2.08. The summed E-state index contributed by atoms with van der Waals surface area (Å²) in [6.45, 7) is 2.29. The van der Waals surface area contributed by atoms with E-state index in [4.69, 9.17) is 9.47 Å². The number of carbonyl (C=O) groups excluding carboxylic acids is 1. The Bertz CT molecular complexity index is 760. The zero-order valence-electron chi connectivity index (χ0n) is 14.0. The topological polar surface area (TPSA) is 80.2 Å². The number of phenolic OH excluding ortho intramolecular Hbond substituents is 1. The van der Waals surface area contributed by atoms with Crippen molar-refractivity contribution in [2.45, 2.75) is 13.3 Å². The second-order valence-electron chi connectivity index (χ2n) is 5.10. The number of halogens is 1. The lowest BCUT2D eigenvalue weighted by atomic mass is 10.1. The molecule has 0 aromatic heterocycles. The third-order valence-electron chi connectivity index (χ3n) is 3.28. The number of rotatable bonds is 7. The third-order valence-corrected chi connectivity index (χ3v) is 4.10. The van der Waals surface area contributed by atoms with Crippen LogP contribution >= 0.6 is 22.6 Å². The third kappa shape index (κ3) is 5.63. The Morgan fingerprint density at radius 1 is 1.32 bits per heavy atom. The predicted octanol–water partition coefficient (Wildman–Crippen LogP) is 3.10. The summed E-state index contributed by atoms with van der Waals surface area (Å²) in [6, 6.07) is 10.7. The van der Waals surface area contributed by atoms with Crippen molar-refractivity contribution >= 4 is 34.7 Å². The van der Waals surface area contributed by atoms with E-state index in [2.05, 4.69) is 10.5 Å². The van der Waals surface area contributed by atoms with Crippen molar-refractivity contribution in [1.82, 2.24) is 5.43 Å². The molecule has 0 atom stereocenters. The smallest absolute Gasteiger partial charge is 0.244 e. The van der Waals surface area contributed by atoms with E-state index in [1.807, 2.05) is 41.6 Å². The van der Waals surface area contributed by atoms with Crippen molar-refractivity contribution in [2.75, 3.05) is 13.7 Å². The summed E-state index contributed by atoms with van der Waals surface area (Å²) in [4.78, 5) is 11.9. The van der Waals surface area contributed by atoms with Gasteiger partial charge in [-0.25, -0.2) is 5.43 Å². The Kier molecular flexibility index (Phi) is 7.05. The Morgan fingerprint density at radius 3 is 2.68 bits per heavy atom. The minimum absolute atomic E-state index is 0.100. The highest BCUT2D eigenvalue weighted by atomic mass is 127. The number of carbonyl (C=O) groups is 1. The lowest BCUT2D eigenvalue weighted by molar-refractivity contribution is -0.120. The maximum Gasteiger partial charge on any atom is 0.244 e. The molecule has 0 saturated carbocycles. The van der Waals surface area contributed by atoms with Gasteiger partial charge in [0.2, 0.25) is 5.91 Å². The molecule has 132 valence electrons. The number of hydrogen-bond acceptors (Lipinski definition) is 5. The van der Waals surface area contributed by atoms with Crippen LogP contribution in [0.1, 0.15) is 18.1 Å². The highest BCUT2D eigenvalue weighted by Crippen LogP contribution is 2.32. The van der Waals surface area contributed by atoms with Gasteiger partial charge in [-0.15, -0.1) is 0 Å². The van der Waals surface area contributed by atoms with Crippen molar-refractivity contribution in [3.05, 3.63) is 51.1 Å². The average molecular weight is 454 g/mol. The van der Waals surface area contributed by atoms with Gasteiger partial charge in [-0.1, -0.05) is 12.1 Å². The molecule has 0 radical (unpaired) electrons. The van der Waals surface area contributed by atoms with Gasteiger partial charge in [0.1, 0.15) is 5.75 Å². The SMILES string of the molecule is CCOc1cc(/C=N\NC(=O)Cc2ccc(OC)cc2)cc(I)c1O. The molecule has 0 spiro atoms. The van der Waals surface area contributed by atoms with Crippen molar-refractivity contribution in [1.29, 1.82) is 0 Å².